The van der Waals surface area contributed by atoms with E-state index >= 15 is 0 Å². The maximum atomic E-state index is 9.81. The van der Waals surface area contributed by atoms with Crippen LogP contribution in [0.15, 0.2) is 24.3 Å². The fourth-order valence-corrected chi connectivity index (χ4v) is 2.21. The van der Waals surface area contributed by atoms with E-state index in [0.29, 0.717) is 5.92 Å². The largest absolute Gasteiger partial charge is 0.399 e. The molecule has 0 bridgehead atoms. The number of nitrogens with two attached hydrogens (primary N) is 1. The first-order chi connectivity index (χ1) is 7.65. The monoisotopic (exact) mass is 220 g/mol. The highest BCUT2D eigenvalue weighted by Crippen LogP contribution is 2.19. The predicted octanol–water partition coefficient (Wildman–Crippen LogP) is 1.47. The Balaban J connectivity index is 1.95. The molecule has 2 unspecified atom stereocenters. The van der Waals surface area contributed by atoms with Crippen LogP contribution in [0.2, 0.25) is 0 Å². The number of nitrogens with zero attached hydrogens (tertiary/aromatic N) is 1. The topological polar surface area (TPSA) is 49.5 Å². The second-order valence-electron chi connectivity index (χ2n) is 4.81. The van der Waals surface area contributed by atoms with E-state index in [1.54, 1.807) is 0 Å². The number of rotatable bonds is 2. The standard InChI is InChI=1S/C13H20N2O/c1-10-5-6-15(9-13(10)16)8-11-3-2-4-12(14)7-11/h2-4,7,10,13,16H,5-6,8-9,14H2,1H3. The minimum Gasteiger partial charge on any atom is -0.399 e. The summed E-state index contributed by atoms with van der Waals surface area (Å²) >= 11 is 0. The van der Waals surface area contributed by atoms with Crippen LogP contribution in [0.25, 0.3) is 0 Å². The first-order valence-electron chi connectivity index (χ1n) is 5.90. The Morgan fingerprint density at radius 1 is 1.50 bits per heavy atom. The van der Waals surface area contributed by atoms with Gasteiger partial charge in [-0.25, -0.2) is 0 Å². The summed E-state index contributed by atoms with van der Waals surface area (Å²) in [5.41, 5.74) is 7.78. The highest BCUT2D eigenvalue weighted by atomic mass is 16.3. The molecule has 0 aliphatic carbocycles. The number of hydrogen-bond acceptors (Lipinski definition) is 3. The molecule has 0 amide bonds. The van der Waals surface area contributed by atoms with E-state index in [0.717, 1.165) is 31.7 Å². The van der Waals surface area contributed by atoms with E-state index in [2.05, 4.69) is 17.9 Å². The van der Waals surface area contributed by atoms with Gasteiger partial charge in [0.1, 0.15) is 0 Å². The summed E-state index contributed by atoms with van der Waals surface area (Å²) in [6.45, 7) is 4.83. The summed E-state index contributed by atoms with van der Waals surface area (Å²) in [7, 11) is 0. The van der Waals surface area contributed by atoms with Gasteiger partial charge in [-0.3, -0.25) is 4.90 Å². The zero-order valence-electron chi connectivity index (χ0n) is 9.76. The first-order valence-corrected chi connectivity index (χ1v) is 5.90. The van der Waals surface area contributed by atoms with Crippen LogP contribution in [0.5, 0.6) is 0 Å². The zero-order valence-corrected chi connectivity index (χ0v) is 9.76. The molecule has 16 heavy (non-hydrogen) atoms. The van der Waals surface area contributed by atoms with Crippen molar-refractivity contribution < 1.29 is 5.11 Å². The van der Waals surface area contributed by atoms with E-state index in [9.17, 15) is 5.11 Å². The van der Waals surface area contributed by atoms with Gasteiger partial charge in [0.2, 0.25) is 0 Å². The average Bonchev–Trinajstić information content (AvgIpc) is 2.24. The Labute approximate surface area is 96.9 Å². The summed E-state index contributed by atoms with van der Waals surface area (Å²) in [5, 5.41) is 9.81. The molecule has 1 fully saturated rings. The molecule has 1 heterocycles. The molecule has 0 aromatic heterocycles. The Morgan fingerprint density at radius 3 is 3.00 bits per heavy atom. The SMILES string of the molecule is CC1CCN(Cc2cccc(N)c2)CC1O. The smallest absolute Gasteiger partial charge is 0.0693 e. The molecule has 1 aromatic rings. The van der Waals surface area contributed by atoms with Gasteiger partial charge < -0.3 is 10.8 Å². The Hall–Kier alpha value is -1.06. The van der Waals surface area contributed by atoms with Gasteiger partial charge in [-0.2, -0.15) is 0 Å². The molecule has 1 saturated heterocycles. The summed E-state index contributed by atoms with van der Waals surface area (Å²) in [5.74, 6) is 0.428. The third kappa shape index (κ3) is 2.74. The van der Waals surface area contributed by atoms with Gasteiger partial charge in [0.25, 0.3) is 0 Å². The van der Waals surface area contributed by atoms with Crippen LogP contribution in [-0.4, -0.2) is 29.2 Å². The van der Waals surface area contributed by atoms with Gasteiger partial charge in [-0.1, -0.05) is 19.1 Å². The van der Waals surface area contributed by atoms with Gasteiger partial charge in [0.05, 0.1) is 6.10 Å². The van der Waals surface area contributed by atoms with Crippen LogP contribution >= 0.6 is 0 Å². The van der Waals surface area contributed by atoms with E-state index in [1.165, 1.54) is 5.56 Å². The molecule has 1 aromatic carbocycles. The third-order valence-electron chi connectivity index (χ3n) is 3.36. The predicted molar refractivity (Wildman–Crippen MR) is 65.9 cm³/mol. The third-order valence-corrected chi connectivity index (χ3v) is 3.36. The number of β-amino-alcohol motifs (C(OH)–C–C–N with tert-alkyl or cyclic N) is 1. The van der Waals surface area contributed by atoms with Gasteiger partial charge in [-0.15, -0.1) is 0 Å². The summed E-state index contributed by atoms with van der Waals surface area (Å²) in [6.07, 6.45) is 0.888. The van der Waals surface area contributed by atoms with Gasteiger partial charge >= 0.3 is 0 Å². The average molecular weight is 220 g/mol. The van der Waals surface area contributed by atoms with Crippen molar-refractivity contribution in [2.75, 3.05) is 18.8 Å². The molecule has 0 spiro atoms. The normalized spacial score (nSPS) is 26.9. The van der Waals surface area contributed by atoms with E-state index in [4.69, 9.17) is 5.73 Å². The Bertz CT molecular complexity index is 354. The highest BCUT2D eigenvalue weighted by molar-refractivity contribution is 5.40. The fourth-order valence-electron chi connectivity index (χ4n) is 2.21. The van der Waals surface area contributed by atoms with Crippen molar-refractivity contribution in [1.82, 2.24) is 4.90 Å². The van der Waals surface area contributed by atoms with Crippen molar-refractivity contribution in [3.63, 3.8) is 0 Å². The van der Waals surface area contributed by atoms with Crippen LogP contribution in [0, 0.1) is 5.92 Å². The van der Waals surface area contributed by atoms with Crippen molar-refractivity contribution in [3.05, 3.63) is 29.8 Å². The number of aliphatic hydroxyl groups is 1. The van der Waals surface area contributed by atoms with Crippen molar-refractivity contribution in [2.45, 2.75) is 26.0 Å². The summed E-state index contributed by atoms with van der Waals surface area (Å²) < 4.78 is 0. The molecule has 1 aliphatic rings. The summed E-state index contributed by atoms with van der Waals surface area (Å²) in [6, 6.07) is 7.97. The lowest BCUT2D eigenvalue weighted by molar-refractivity contribution is 0.0259. The number of aliphatic hydroxyl groups excluding tert-OH is 1. The van der Waals surface area contributed by atoms with Gasteiger partial charge in [-0.05, 0) is 36.6 Å². The number of piperidine rings is 1. The molecule has 3 nitrogen and oxygen atoms in total. The number of likely N-dealkylation sites (tertiary alicyclic amines) is 1. The van der Waals surface area contributed by atoms with Crippen LogP contribution < -0.4 is 5.73 Å². The molecule has 2 atom stereocenters. The molecule has 3 heteroatoms. The number of hydrogen-bond donors (Lipinski definition) is 2. The van der Waals surface area contributed by atoms with Gasteiger partial charge in [0, 0.05) is 18.8 Å². The molecule has 3 N–H and O–H groups in total. The van der Waals surface area contributed by atoms with E-state index in [1.807, 2.05) is 18.2 Å². The van der Waals surface area contributed by atoms with Crippen LogP contribution in [-0.2, 0) is 6.54 Å². The van der Waals surface area contributed by atoms with Crippen LogP contribution in [0.1, 0.15) is 18.9 Å². The molecular weight excluding hydrogens is 200 g/mol. The molecule has 0 radical (unpaired) electrons. The highest BCUT2D eigenvalue weighted by Gasteiger charge is 2.23. The molecule has 2 rings (SSSR count). The van der Waals surface area contributed by atoms with Crippen molar-refractivity contribution in [1.29, 1.82) is 0 Å². The second kappa shape index (κ2) is 4.85. The van der Waals surface area contributed by atoms with Crippen LogP contribution in [0.3, 0.4) is 0 Å². The number of nitrogen functional groups attached to an aromatic ring is 1. The summed E-state index contributed by atoms with van der Waals surface area (Å²) in [4.78, 5) is 2.29. The minimum atomic E-state index is -0.185. The zero-order chi connectivity index (χ0) is 11.5. The van der Waals surface area contributed by atoms with E-state index in [-0.39, 0.29) is 6.10 Å². The minimum absolute atomic E-state index is 0.185. The lowest BCUT2D eigenvalue weighted by atomic mass is 9.96. The quantitative estimate of drug-likeness (QED) is 0.742. The van der Waals surface area contributed by atoms with Crippen molar-refractivity contribution in [2.24, 2.45) is 5.92 Å². The lowest BCUT2D eigenvalue weighted by Crippen LogP contribution is -2.42. The Morgan fingerprint density at radius 2 is 2.31 bits per heavy atom. The fraction of sp³-hybridized carbons (Fsp3) is 0.538. The maximum Gasteiger partial charge on any atom is 0.0693 e. The van der Waals surface area contributed by atoms with Crippen LogP contribution in [0.4, 0.5) is 5.69 Å². The van der Waals surface area contributed by atoms with Gasteiger partial charge in [0.15, 0.2) is 0 Å². The second-order valence-corrected chi connectivity index (χ2v) is 4.81. The molecule has 0 saturated carbocycles. The molecule has 1 aliphatic heterocycles. The Kier molecular flexibility index (Phi) is 3.46. The lowest BCUT2D eigenvalue weighted by Gasteiger charge is -2.34. The first kappa shape index (κ1) is 11.4. The number of benzene rings is 1. The van der Waals surface area contributed by atoms with Crippen molar-refractivity contribution >= 4 is 5.69 Å². The number of anilines is 1. The van der Waals surface area contributed by atoms with Crippen molar-refractivity contribution in [3.8, 4) is 0 Å². The maximum absolute atomic E-state index is 9.81. The molecule has 88 valence electrons. The van der Waals surface area contributed by atoms with E-state index < -0.39 is 0 Å². The molecular formula is C13H20N2O.